The van der Waals surface area contributed by atoms with Gasteiger partial charge in [0.05, 0.1) is 44.4 Å². The molecule has 1 saturated heterocycles. The minimum Gasteiger partial charge on any atom is -0.491 e. The van der Waals surface area contributed by atoms with Gasteiger partial charge >= 0.3 is 5.97 Å². The first-order chi connectivity index (χ1) is 12.5. The molecule has 26 heavy (non-hydrogen) atoms. The highest BCUT2D eigenvalue weighted by Crippen LogP contribution is 2.38. The van der Waals surface area contributed by atoms with Gasteiger partial charge < -0.3 is 19.1 Å². The van der Waals surface area contributed by atoms with E-state index in [0.29, 0.717) is 37.7 Å². The van der Waals surface area contributed by atoms with E-state index >= 15 is 0 Å². The highest BCUT2D eigenvalue weighted by atomic mass is 16.5. The lowest BCUT2D eigenvalue weighted by Gasteiger charge is -2.37. The number of carbonyl (C=O) groups is 2. The Morgan fingerprint density at radius 2 is 1.92 bits per heavy atom. The van der Waals surface area contributed by atoms with Gasteiger partial charge in [0.15, 0.2) is 0 Å². The van der Waals surface area contributed by atoms with Gasteiger partial charge in [-0.1, -0.05) is 33.8 Å². The third-order valence-electron chi connectivity index (χ3n) is 4.58. The number of amides is 1. The van der Waals surface area contributed by atoms with E-state index < -0.39 is 5.97 Å². The van der Waals surface area contributed by atoms with Crippen LogP contribution in [0.15, 0.2) is 18.2 Å². The molecule has 0 aromatic heterocycles. The summed E-state index contributed by atoms with van der Waals surface area (Å²) in [4.78, 5) is 26.5. The van der Waals surface area contributed by atoms with E-state index in [1.807, 2.05) is 24.8 Å². The van der Waals surface area contributed by atoms with Gasteiger partial charge in [-0.05, 0) is 18.1 Å². The van der Waals surface area contributed by atoms with E-state index in [9.17, 15) is 9.59 Å². The zero-order chi connectivity index (χ0) is 19.3. The first-order valence-corrected chi connectivity index (χ1v) is 9.26. The maximum atomic E-state index is 12.8. The number of carbonyl (C=O) groups excluding carboxylic acids is 2. The van der Waals surface area contributed by atoms with E-state index in [0.717, 1.165) is 5.56 Å². The van der Waals surface area contributed by atoms with Gasteiger partial charge in [0, 0.05) is 5.56 Å². The fourth-order valence-corrected chi connectivity index (χ4v) is 3.29. The Balaban J connectivity index is 0.00000117. The number of ether oxygens (including phenoxy) is 3. The molecule has 1 unspecified atom stereocenters. The van der Waals surface area contributed by atoms with Gasteiger partial charge in [0.25, 0.3) is 0 Å². The predicted molar refractivity (Wildman–Crippen MR) is 98.2 cm³/mol. The average Bonchev–Trinajstić information content (AvgIpc) is 2.80. The summed E-state index contributed by atoms with van der Waals surface area (Å²) in [5.41, 5.74) is 1.38. The molecule has 144 valence electrons. The van der Waals surface area contributed by atoms with Crippen LogP contribution in [0.1, 0.15) is 49.7 Å². The van der Waals surface area contributed by atoms with Crippen LogP contribution < -0.4 is 4.74 Å². The molecule has 1 amide bonds. The molecule has 0 bridgehead atoms. The topological polar surface area (TPSA) is 65.1 Å². The van der Waals surface area contributed by atoms with Crippen molar-refractivity contribution in [1.82, 2.24) is 4.90 Å². The summed E-state index contributed by atoms with van der Waals surface area (Å²) in [6.07, 6.45) is 0. The van der Waals surface area contributed by atoms with Gasteiger partial charge in [0.2, 0.25) is 5.91 Å². The highest BCUT2D eigenvalue weighted by Gasteiger charge is 2.38. The zero-order valence-corrected chi connectivity index (χ0v) is 16.3. The van der Waals surface area contributed by atoms with Crippen LogP contribution in [0.2, 0.25) is 0 Å². The van der Waals surface area contributed by atoms with Gasteiger partial charge in [-0.3, -0.25) is 4.79 Å². The molecular weight excluding hydrogens is 334 g/mol. The summed E-state index contributed by atoms with van der Waals surface area (Å²) < 4.78 is 15.8. The standard InChI is InChI=1S/C18H23NO5.C2H6/c1-11(2)16-14-5-4-12(18(21)22-3)8-15(14)24-7-6-19(16)17(20)13-9-23-10-13;1-2/h4-5,8,11,13,16H,6-7,9-10H2,1-3H3;1-2H3. The lowest BCUT2D eigenvalue weighted by Crippen LogP contribution is -2.47. The normalized spacial score (nSPS) is 19.3. The van der Waals surface area contributed by atoms with Crippen molar-refractivity contribution in [3.8, 4) is 5.75 Å². The second kappa shape index (κ2) is 9.03. The predicted octanol–water partition coefficient (Wildman–Crippen LogP) is 3.06. The van der Waals surface area contributed by atoms with Crippen LogP contribution in [0.25, 0.3) is 0 Å². The van der Waals surface area contributed by atoms with Gasteiger partial charge in [-0.2, -0.15) is 0 Å². The van der Waals surface area contributed by atoms with Crippen molar-refractivity contribution >= 4 is 11.9 Å². The minimum absolute atomic E-state index is 0.0536. The van der Waals surface area contributed by atoms with E-state index in [4.69, 9.17) is 14.2 Å². The SMILES string of the molecule is CC.COC(=O)c1ccc2c(c1)OCCN(C(=O)C1COC1)C2C(C)C. The highest BCUT2D eigenvalue weighted by molar-refractivity contribution is 5.90. The van der Waals surface area contributed by atoms with Crippen LogP contribution in [0, 0.1) is 11.8 Å². The molecular formula is C20H29NO5. The molecule has 6 nitrogen and oxygen atoms in total. The maximum absolute atomic E-state index is 12.8. The summed E-state index contributed by atoms with van der Waals surface area (Å²) in [5, 5.41) is 0. The Labute approximate surface area is 155 Å². The molecule has 1 aromatic rings. The Hall–Kier alpha value is -2.08. The van der Waals surface area contributed by atoms with Gasteiger partial charge in [-0.15, -0.1) is 0 Å². The first kappa shape index (κ1) is 20.2. The van der Waals surface area contributed by atoms with Crippen molar-refractivity contribution in [1.29, 1.82) is 0 Å². The first-order valence-electron chi connectivity index (χ1n) is 9.26. The molecule has 0 saturated carbocycles. The van der Waals surface area contributed by atoms with E-state index in [-0.39, 0.29) is 23.8 Å². The summed E-state index contributed by atoms with van der Waals surface area (Å²) in [5.74, 6) is 0.540. The van der Waals surface area contributed by atoms with Crippen LogP contribution in [0.4, 0.5) is 0 Å². The van der Waals surface area contributed by atoms with Crippen LogP contribution in [-0.4, -0.2) is 50.3 Å². The Bertz CT molecular complexity index is 639. The fourth-order valence-electron chi connectivity index (χ4n) is 3.29. The third-order valence-corrected chi connectivity index (χ3v) is 4.58. The van der Waals surface area contributed by atoms with Crippen molar-refractivity contribution < 1.29 is 23.8 Å². The number of nitrogens with zero attached hydrogens (tertiary/aromatic N) is 1. The lowest BCUT2D eigenvalue weighted by atomic mass is 9.91. The molecule has 0 spiro atoms. The Morgan fingerprint density at radius 3 is 2.46 bits per heavy atom. The molecule has 1 fully saturated rings. The Kier molecular flexibility index (Phi) is 7.03. The number of hydrogen-bond donors (Lipinski definition) is 0. The molecule has 2 aliphatic heterocycles. The number of esters is 1. The summed E-state index contributed by atoms with van der Waals surface area (Å²) >= 11 is 0. The smallest absolute Gasteiger partial charge is 0.337 e. The van der Waals surface area contributed by atoms with Crippen LogP contribution in [-0.2, 0) is 14.3 Å². The Morgan fingerprint density at radius 1 is 1.23 bits per heavy atom. The fraction of sp³-hybridized carbons (Fsp3) is 0.600. The summed E-state index contributed by atoms with van der Waals surface area (Å²) in [7, 11) is 1.35. The molecule has 0 aliphatic carbocycles. The molecule has 0 radical (unpaired) electrons. The average molecular weight is 363 g/mol. The number of rotatable bonds is 3. The van der Waals surface area contributed by atoms with E-state index in [1.54, 1.807) is 12.1 Å². The third kappa shape index (κ3) is 4.01. The molecule has 3 rings (SSSR count). The second-order valence-electron chi connectivity index (χ2n) is 6.55. The van der Waals surface area contributed by atoms with Crippen LogP contribution in [0.5, 0.6) is 5.75 Å². The van der Waals surface area contributed by atoms with E-state index in [1.165, 1.54) is 7.11 Å². The van der Waals surface area contributed by atoms with Gasteiger partial charge in [0.1, 0.15) is 12.4 Å². The monoisotopic (exact) mass is 363 g/mol. The number of methoxy groups -OCH3 is 1. The molecule has 1 atom stereocenters. The number of benzene rings is 1. The van der Waals surface area contributed by atoms with Crippen molar-refractivity contribution in [3.05, 3.63) is 29.3 Å². The van der Waals surface area contributed by atoms with Crippen molar-refractivity contribution in [2.45, 2.75) is 33.7 Å². The van der Waals surface area contributed by atoms with Gasteiger partial charge in [-0.25, -0.2) is 4.79 Å². The van der Waals surface area contributed by atoms with Crippen molar-refractivity contribution in [2.24, 2.45) is 11.8 Å². The number of fused-ring (bicyclic) bond motifs is 1. The maximum Gasteiger partial charge on any atom is 0.337 e. The van der Waals surface area contributed by atoms with Crippen LogP contribution >= 0.6 is 0 Å². The molecule has 0 N–H and O–H groups in total. The minimum atomic E-state index is -0.397. The quantitative estimate of drug-likeness (QED) is 0.772. The second-order valence-corrected chi connectivity index (χ2v) is 6.55. The molecule has 2 heterocycles. The summed E-state index contributed by atoms with van der Waals surface area (Å²) in [6.45, 7) is 10.1. The van der Waals surface area contributed by atoms with Crippen LogP contribution in [0.3, 0.4) is 0 Å². The zero-order valence-electron chi connectivity index (χ0n) is 16.3. The molecule has 6 heteroatoms. The lowest BCUT2D eigenvalue weighted by molar-refractivity contribution is -0.153. The molecule has 2 aliphatic rings. The molecule has 1 aromatic carbocycles. The van der Waals surface area contributed by atoms with Crippen molar-refractivity contribution in [2.75, 3.05) is 33.5 Å². The largest absolute Gasteiger partial charge is 0.491 e. The van der Waals surface area contributed by atoms with Crippen molar-refractivity contribution in [3.63, 3.8) is 0 Å². The van der Waals surface area contributed by atoms with E-state index in [2.05, 4.69) is 13.8 Å². The summed E-state index contributed by atoms with van der Waals surface area (Å²) in [6, 6.07) is 5.22. The number of hydrogen-bond acceptors (Lipinski definition) is 5.